The van der Waals surface area contributed by atoms with Crippen LogP contribution in [0, 0.1) is 6.92 Å². The van der Waals surface area contributed by atoms with Gasteiger partial charge in [-0.1, -0.05) is 6.07 Å². The van der Waals surface area contributed by atoms with Crippen molar-refractivity contribution in [2.24, 2.45) is 0 Å². The van der Waals surface area contributed by atoms with Gasteiger partial charge in [0, 0.05) is 7.05 Å². The highest BCUT2D eigenvalue weighted by atomic mass is 32.2. The van der Waals surface area contributed by atoms with Crippen molar-refractivity contribution in [3.05, 3.63) is 23.3 Å². The molecule has 0 radical (unpaired) electrons. The lowest BCUT2D eigenvalue weighted by Gasteiger charge is -2.14. The second-order valence-electron chi connectivity index (χ2n) is 3.99. The quantitative estimate of drug-likeness (QED) is 0.832. The number of nitrogens with one attached hydrogen (secondary N) is 2. The van der Waals surface area contributed by atoms with Crippen LogP contribution in [0.5, 0.6) is 0 Å². The molecule has 2 N–H and O–H groups in total. The number of anilines is 1. The number of H-pyrrole nitrogens is 1. The second kappa shape index (κ2) is 5.69. The Morgan fingerprint density at radius 3 is 2.85 bits per heavy atom. The van der Waals surface area contributed by atoms with Gasteiger partial charge in [-0.3, -0.25) is 15.2 Å². The zero-order chi connectivity index (χ0) is 14.8. The fourth-order valence-electron chi connectivity index (χ4n) is 1.41. The number of hydrogen-bond donors (Lipinski definition) is 2. The van der Waals surface area contributed by atoms with E-state index in [1.165, 1.54) is 13.1 Å². The van der Waals surface area contributed by atoms with Crippen LogP contribution in [-0.4, -0.2) is 47.4 Å². The van der Waals surface area contributed by atoms with E-state index in [-0.39, 0.29) is 16.7 Å². The van der Waals surface area contributed by atoms with Gasteiger partial charge in [-0.05, 0) is 18.4 Å². The van der Waals surface area contributed by atoms with Crippen molar-refractivity contribution in [2.75, 3.05) is 18.9 Å². The van der Waals surface area contributed by atoms with Crippen molar-refractivity contribution < 1.29 is 13.2 Å². The fourth-order valence-corrected chi connectivity index (χ4v) is 3.74. The lowest BCUT2D eigenvalue weighted by atomic mass is 10.6. The zero-order valence-corrected chi connectivity index (χ0v) is 12.5. The molecule has 0 atom stereocenters. The minimum Gasteiger partial charge on any atom is -0.292 e. The minimum absolute atomic E-state index is 0.120. The molecule has 108 valence electrons. The molecule has 0 fully saturated rings. The minimum atomic E-state index is -3.64. The van der Waals surface area contributed by atoms with Crippen molar-refractivity contribution in [3.63, 3.8) is 0 Å². The van der Waals surface area contributed by atoms with Gasteiger partial charge in [-0.15, -0.1) is 16.4 Å². The molecule has 0 spiro atoms. The molecule has 2 aromatic heterocycles. The van der Waals surface area contributed by atoms with E-state index in [4.69, 9.17) is 0 Å². The third-order valence-corrected chi connectivity index (χ3v) is 5.55. The standard InChI is InChI=1S/C10H13N5O3S2/c1-7-11-10(14-13-7)12-8(16)6-15(2)20(17,18)9-4-3-5-19-9/h3-5H,6H2,1-2H3,(H2,11,12,13,14,16). The molecule has 10 heteroatoms. The van der Waals surface area contributed by atoms with E-state index in [0.717, 1.165) is 15.6 Å². The molecule has 0 unspecified atom stereocenters. The molecular weight excluding hydrogens is 302 g/mol. The number of aromatic nitrogens is 3. The molecule has 0 aliphatic carbocycles. The van der Waals surface area contributed by atoms with Crippen LogP contribution in [0.15, 0.2) is 21.7 Å². The lowest BCUT2D eigenvalue weighted by molar-refractivity contribution is -0.116. The molecule has 0 aliphatic heterocycles. The number of aromatic amines is 1. The number of carbonyl (C=O) groups excluding carboxylic acids is 1. The van der Waals surface area contributed by atoms with Crippen LogP contribution < -0.4 is 5.32 Å². The average molecular weight is 315 g/mol. The second-order valence-corrected chi connectivity index (χ2v) is 7.21. The van der Waals surface area contributed by atoms with Crippen LogP contribution in [0.2, 0.25) is 0 Å². The Labute approximate surface area is 119 Å². The van der Waals surface area contributed by atoms with E-state index in [9.17, 15) is 13.2 Å². The molecule has 2 heterocycles. The molecule has 0 aliphatic rings. The van der Waals surface area contributed by atoms with Crippen LogP contribution in [0.3, 0.4) is 0 Å². The first-order chi connectivity index (χ1) is 9.39. The van der Waals surface area contributed by atoms with Gasteiger partial charge in [0.1, 0.15) is 10.0 Å². The summed E-state index contributed by atoms with van der Waals surface area (Å²) in [5.41, 5.74) is 0. The average Bonchev–Trinajstić information content (AvgIpc) is 3.00. The van der Waals surface area contributed by atoms with Gasteiger partial charge in [0.25, 0.3) is 10.0 Å². The summed E-state index contributed by atoms with van der Waals surface area (Å²) < 4.78 is 25.4. The van der Waals surface area contributed by atoms with E-state index in [0.29, 0.717) is 5.82 Å². The van der Waals surface area contributed by atoms with Crippen LogP contribution in [0.1, 0.15) is 5.82 Å². The molecule has 2 rings (SSSR count). The SMILES string of the molecule is Cc1nc(NC(=O)CN(C)S(=O)(=O)c2cccs2)n[nH]1. The van der Waals surface area contributed by atoms with Gasteiger partial charge < -0.3 is 0 Å². The van der Waals surface area contributed by atoms with Crippen LogP contribution >= 0.6 is 11.3 Å². The normalized spacial score (nSPS) is 11.8. The van der Waals surface area contributed by atoms with Crippen LogP contribution in [0.4, 0.5) is 5.95 Å². The van der Waals surface area contributed by atoms with E-state index in [1.807, 2.05) is 0 Å². The number of sulfonamides is 1. The summed E-state index contributed by atoms with van der Waals surface area (Å²) in [5, 5.41) is 10.4. The first-order valence-corrected chi connectivity index (χ1v) is 7.90. The highest BCUT2D eigenvalue weighted by molar-refractivity contribution is 7.91. The summed E-state index contributed by atoms with van der Waals surface area (Å²) in [6.07, 6.45) is 0. The Kier molecular flexibility index (Phi) is 4.16. The van der Waals surface area contributed by atoms with Crippen molar-refractivity contribution in [2.45, 2.75) is 11.1 Å². The van der Waals surface area contributed by atoms with Gasteiger partial charge in [0.2, 0.25) is 11.9 Å². The van der Waals surface area contributed by atoms with E-state index < -0.39 is 15.9 Å². The maximum absolute atomic E-state index is 12.1. The predicted octanol–water partition coefficient (Wildman–Crippen LogP) is 0.434. The van der Waals surface area contributed by atoms with Crippen molar-refractivity contribution >= 4 is 33.2 Å². The molecule has 2 aromatic rings. The van der Waals surface area contributed by atoms with Gasteiger partial charge in [0.15, 0.2) is 0 Å². The highest BCUT2D eigenvalue weighted by Crippen LogP contribution is 2.19. The number of likely N-dealkylation sites (N-methyl/N-ethyl adjacent to an activating group) is 1. The third-order valence-electron chi connectivity index (χ3n) is 2.37. The Morgan fingerprint density at radius 1 is 1.55 bits per heavy atom. The lowest BCUT2D eigenvalue weighted by Crippen LogP contribution is -2.34. The molecule has 0 saturated carbocycles. The van der Waals surface area contributed by atoms with Crippen molar-refractivity contribution in [1.82, 2.24) is 19.5 Å². The zero-order valence-electron chi connectivity index (χ0n) is 10.8. The van der Waals surface area contributed by atoms with Crippen LogP contribution in [-0.2, 0) is 14.8 Å². The maximum atomic E-state index is 12.1. The van der Waals surface area contributed by atoms with Gasteiger partial charge in [-0.2, -0.15) is 9.29 Å². The number of thiophene rings is 1. The van der Waals surface area contributed by atoms with Crippen LogP contribution in [0.25, 0.3) is 0 Å². The summed E-state index contributed by atoms with van der Waals surface area (Å²) in [7, 11) is -2.29. The summed E-state index contributed by atoms with van der Waals surface area (Å²) in [4.78, 5) is 15.6. The number of carbonyl (C=O) groups is 1. The summed E-state index contributed by atoms with van der Waals surface area (Å²) in [6, 6.07) is 3.13. The molecule has 1 amide bonds. The van der Waals surface area contributed by atoms with Crippen molar-refractivity contribution in [1.29, 1.82) is 0 Å². The topological polar surface area (TPSA) is 108 Å². The molecule has 0 bridgehead atoms. The predicted molar refractivity (Wildman–Crippen MR) is 73.9 cm³/mol. The Morgan fingerprint density at radius 2 is 2.30 bits per heavy atom. The first kappa shape index (κ1) is 14.6. The molecule has 0 aromatic carbocycles. The van der Waals surface area contributed by atoms with Gasteiger partial charge in [0.05, 0.1) is 6.54 Å². The van der Waals surface area contributed by atoms with Crippen molar-refractivity contribution in [3.8, 4) is 0 Å². The Balaban J connectivity index is 2.01. The molecule has 8 nitrogen and oxygen atoms in total. The number of hydrogen-bond acceptors (Lipinski definition) is 6. The number of amides is 1. The Bertz CT molecular complexity index is 692. The maximum Gasteiger partial charge on any atom is 0.252 e. The largest absolute Gasteiger partial charge is 0.292 e. The monoisotopic (exact) mass is 315 g/mol. The van der Waals surface area contributed by atoms with Gasteiger partial charge in [-0.25, -0.2) is 8.42 Å². The molecule has 20 heavy (non-hydrogen) atoms. The third kappa shape index (κ3) is 3.21. The highest BCUT2D eigenvalue weighted by Gasteiger charge is 2.24. The smallest absolute Gasteiger partial charge is 0.252 e. The van der Waals surface area contributed by atoms with E-state index in [2.05, 4.69) is 20.5 Å². The summed E-state index contributed by atoms with van der Waals surface area (Å²) in [5.74, 6) is 0.168. The molecular formula is C10H13N5O3S2. The number of aryl methyl sites for hydroxylation is 1. The number of rotatable bonds is 5. The fraction of sp³-hybridized carbons (Fsp3) is 0.300. The van der Waals surface area contributed by atoms with E-state index >= 15 is 0 Å². The Hall–Kier alpha value is -1.78. The first-order valence-electron chi connectivity index (χ1n) is 5.58. The van der Waals surface area contributed by atoms with Gasteiger partial charge >= 0.3 is 0 Å². The summed E-state index contributed by atoms with van der Waals surface area (Å²) >= 11 is 1.10. The van der Waals surface area contributed by atoms with E-state index in [1.54, 1.807) is 18.4 Å². The summed E-state index contributed by atoms with van der Waals surface area (Å²) in [6.45, 7) is 1.38. The molecule has 0 saturated heterocycles. The number of nitrogens with zero attached hydrogens (tertiary/aromatic N) is 3.